The van der Waals surface area contributed by atoms with E-state index in [1.165, 1.54) is 0 Å². The standard InChI is InChI=1S/C20H15N3/c1-2-9-17(10-3-1)22-14-16-8-6-7-15-13-19(23-20(15)16)18-11-4-5-12-21-18/h1-14,23H/b22-14+. The maximum atomic E-state index is 4.55. The summed E-state index contributed by atoms with van der Waals surface area (Å²) in [5.41, 5.74) is 5.04. The van der Waals surface area contributed by atoms with E-state index in [0.717, 1.165) is 33.5 Å². The third kappa shape index (κ3) is 2.77. The molecule has 0 unspecified atom stereocenters. The van der Waals surface area contributed by atoms with Crippen molar-refractivity contribution in [3.05, 3.63) is 84.6 Å². The van der Waals surface area contributed by atoms with Gasteiger partial charge in [0.05, 0.1) is 22.6 Å². The molecule has 2 aromatic heterocycles. The number of rotatable bonds is 3. The fourth-order valence-corrected chi connectivity index (χ4v) is 2.61. The zero-order chi connectivity index (χ0) is 15.5. The first-order valence-corrected chi connectivity index (χ1v) is 7.52. The molecule has 3 heteroatoms. The van der Waals surface area contributed by atoms with Crippen molar-refractivity contribution in [1.29, 1.82) is 0 Å². The Balaban J connectivity index is 1.76. The number of nitrogens with zero attached hydrogens (tertiary/aromatic N) is 2. The Kier molecular flexibility index (Phi) is 3.45. The van der Waals surface area contributed by atoms with Crippen LogP contribution in [0.3, 0.4) is 0 Å². The topological polar surface area (TPSA) is 41.0 Å². The van der Waals surface area contributed by atoms with E-state index in [0.29, 0.717) is 0 Å². The zero-order valence-corrected chi connectivity index (χ0v) is 12.5. The highest BCUT2D eigenvalue weighted by Gasteiger charge is 2.06. The van der Waals surface area contributed by atoms with Crippen molar-refractivity contribution in [2.45, 2.75) is 0 Å². The van der Waals surface area contributed by atoms with Crippen molar-refractivity contribution in [1.82, 2.24) is 9.97 Å². The highest BCUT2D eigenvalue weighted by atomic mass is 14.8. The fraction of sp³-hybridized carbons (Fsp3) is 0. The molecule has 0 fully saturated rings. The Bertz CT molecular complexity index is 954. The van der Waals surface area contributed by atoms with Crippen molar-refractivity contribution >= 4 is 22.8 Å². The number of H-pyrrole nitrogens is 1. The molecule has 110 valence electrons. The highest BCUT2D eigenvalue weighted by molar-refractivity contribution is 6.00. The Morgan fingerprint density at radius 2 is 1.74 bits per heavy atom. The molecule has 0 atom stereocenters. The molecule has 23 heavy (non-hydrogen) atoms. The van der Waals surface area contributed by atoms with Crippen LogP contribution >= 0.6 is 0 Å². The predicted molar refractivity (Wildman–Crippen MR) is 95.2 cm³/mol. The maximum absolute atomic E-state index is 4.55. The third-order valence-electron chi connectivity index (χ3n) is 3.74. The molecule has 0 radical (unpaired) electrons. The number of para-hydroxylation sites is 2. The number of benzene rings is 2. The summed E-state index contributed by atoms with van der Waals surface area (Å²) in [6.07, 6.45) is 3.70. The van der Waals surface area contributed by atoms with Crippen molar-refractivity contribution in [2.75, 3.05) is 0 Å². The number of aromatic amines is 1. The summed E-state index contributed by atoms with van der Waals surface area (Å²) >= 11 is 0. The van der Waals surface area contributed by atoms with Gasteiger partial charge in [-0.1, -0.05) is 42.5 Å². The molecule has 3 nitrogen and oxygen atoms in total. The highest BCUT2D eigenvalue weighted by Crippen LogP contribution is 2.24. The molecule has 2 heterocycles. The smallest absolute Gasteiger partial charge is 0.0864 e. The summed E-state index contributed by atoms with van der Waals surface area (Å²) in [5, 5.41) is 1.16. The second kappa shape index (κ2) is 5.89. The number of aromatic nitrogens is 2. The van der Waals surface area contributed by atoms with Gasteiger partial charge in [-0.25, -0.2) is 0 Å². The van der Waals surface area contributed by atoms with Crippen LogP contribution in [0.5, 0.6) is 0 Å². The first-order chi connectivity index (χ1) is 11.4. The second-order valence-electron chi connectivity index (χ2n) is 5.30. The van der Waals surface area contributed by atoms with E-state index in [4.69, 9.17) is 0 Å². The molecule has 4 aromatic rings. The van der Waals surface area contributed by atoms with Gasteiger partial charge in [0, 0.05) is 23.4 Å². The van der Waals surface area contributed by atoms with Crippen LogP contribution in [0.4, 0.5) is 5.69 Å². The second-order valence-corrected chi connectivity index (χ2v) is 5.30. The molecular formula is C20H15N3. The quantitative estimate of drug-likeness (QED) is 0.532. The van der Waals surface area contributed by atoms with Gasteiger partial charge in [-0.05, 0) is 30.3 Å². The molecular weight excluding hydrogens is 282 g/mol. The van der Waals surface area contributed by atoms with E-state index >= 15 is 0 Å². The average molecular weight is 297 g/mol. The molecule has 0 amide bonds. The van der Waals surface area contributed by atoms with Crippen LogP contribution in [-0.2, 0) is 0 Å². The van der Waals surface area contributed by atoms with Crippen LogP contribution in [0.25, 0.3) is 22.3 Å². The van der Waals surface area contributed by atoms with E-state index in [1.54, 1.807) is 6.20 Å². The Labute approximate surface area is 134 Å². The number of hydrogen-bond donors (Lipinski definition) is 1. The fourth-order valence-electron chi connectivity index (χ4n) is 2.61. The van der Waals surface area contributed by atoms with Gasteiger partial charge in [-0.2, -0.15) is 0 Å². The molecule has 0 aliphatic rings. The molecule has 0 aliphatic carbocycles. The Hall–Kier alpha value is -3.20. The monoisotopic (exact) mass is 297 g/mol. The molecule has 2 aromatic carbocycles. The molecule has 1 N–H and O–H groups in total. The van der Waals surface area contributed by atoms with Crippen LogP contribution in [0, 0.1) is 0 Å². The SMILES string of the molecule is C(=N\c1ccccc1)/c1cccc2cc(-c3ccccn3)[nH]c12. The van der Waals surface area contributed by atoms with Gasteiger partial charge in [0.15, 0.2) is 0 Å². The Morgan fingerprint density at radius 3 is 2.57 bits per heavy atom. The summed E-state index contributed by atoms with van der Waals surface area (Å²) in [6.45, 7) is 0. The van der Waals surface area contributed by atoms with Crippen LogP contribution in [0.2, 0.25) is 0 Å². The van der Waals surface area contributed by atoms with Gasteiger partial charge in [0.25, 0.3) is 0 Å². The van der Waals surface area contributed by atoms with Crippen molar-refractivity contribution < 1.29 is 0 Å². The van der Waals surface area contributed by atoms with Gasteiger partial charge in [0.1, 0.15) is 0 Å². The lowest BCUT2D eigenvalue weighted by Crippen LogP contribution is -1.84. The minimum absolute atomic E-state index is 0.939. The average Bonchev–Trinajstić information content (AvgIpc) is 3.06. The molecule has 0 saturated carbocycles. The lowest BCUT2D eigenvalue weighted by atomic mass is 10.1. The summed E-state index contributed by atoms with van der Waals surface area (Å²) < 4.78 is 0. The summed E-state index contributed by atoms with van der Waals surface area (Å²) in [4.78, 5) is 12.4. The first kappa shape index (κ1) is 13.5. The number of pyridine rings is 1. The number of hydrogen-bond acceptors (Lipinski definition) is 2. The number of nitrogens with one attached hydrogen (secondary N) is 1. The van der Waals surface area contributed by atoms with E-state index in [2.05, 4.69) is 33.2 Å². The van der Waals surface area contributed by atoms with Crippen molar-refractivity contribution in [3.63, 3.8) is 0 Å². The molecule has 0 saturated heterocycles. The summed E-state index contributed by atoms with van der Waals surface area (Å²) in [6, 6.07) is 24.2. The largest absolute Gasteiger partial charge is 0.353 e. The van der Waals surface area contributed by atoms with E-state index in [9.17, 15) is 0 Å². The third-order valence-corrected chi connectivity index (χ3v) is 3.74. The lowest BCUT2D eigenvalue weighted by Gasteiger charge is -1.97. The van der Waals surface area contributed by atoms with Crippen LogP contribution in [-0.4, -0.2) is 16.2 Å². The first-order valence-electron chi connectivity index (χ1n) is 7.52. The Morgan fingerprint density at radius 1 is 0.870 bits per heavy atom. The minimum atomic E-state index is 0.939. The maximum Gasteiger partial charge on any atom is 0.0864 e. The summed E-state index contributed by atoms with van der Waals surface area (Å²) in [7, 11) is 0. The van der Waals surface area contributed by atoms with E-state index in [1.807, 2.05) is 60.8 Å². The molecule has 0 aliphatic heterocycles. The zero-order valence-electron chi connectivity index (χ0n) is 12.5. The van der Waals surface area contributed by atoms with Crippen LogP contribution in [0.1, 0.15) is 5.56 Å². The van der Waals surface area contributed by atoms with Gasteiger partial charge < -0.3 is 4.98 Å². The van der Waals surface area contributed by atoms with Crippen molar-refractivity contribution in [3.8, 4) is 11.4 Å². The molecule has 0 bridgehead atoms. The van der Waals surface area contributed by atoms with Gasteiger partial charge in [-0.15, -0.1) is 0 Å². The van der Waals surface area contributed by atoms with Gasteiger partial charge >= 0.3 is 0 Å². The lowest BCUT2D eigenvalue weighted by molar-refractivity contribution is 1.29. The van der Waals surface area contributed by atoms with Crippen molar-refractivity contribution in [2.24, 2.45) is 4.99 Å². The van der Waals surface area contributed by atoms with Gasteiger partial charge in [0.2, 0.25) is 0 Å². The van der Waals surface area contributed by atoms with Crippen LogP contribution in [0.15, 0.2) is 84.0 Å². The van der Waals surface area contributed by atoms with Crippen LogP contribution < -0.4 is 0 Å². The predicted octanol–water partition coefficient (Wildman–Crippen LogP) is 4.98. The normalized spacial score (nSPS) is 11.3. The molecule has 4 rings (SSSR count). The van der Waals surface area contributed by atoms with Gasteiger partial charge in [-0.3, -0.25) is 9.98 Å². The molecule has 0 spiro atoms. The van der Waals surface area contributed by atoms with E-state index < -0.39 is 0 Å². The number of aliphatic imine (C=N–C) groups is 1. The summed E-state index contributed by atoms with van der Waals surface area (Å²) in [5.74, 6) is 0. The number of fused-ring (bicyclic) bond motifs is 1. The minimum Gasteiger partial charge on any atom is -0.353 e. The van der Waals surface area contributed by atoms with E-state index in [-0.39, 0.29) is 0 Å².